The Morgan fingerprint density at radius 3 is 3.07 bits per heavy atom. The fourth-order valence-corrected chi connectivity index (χ4v) is 1.76. The molecule has 0 aromatic carbocycles. The van der Waals surface area contributed by atoms with Crippen LogP contribution in [0.1, 0.15) is 0 Å². The van der Waals surface area contributed by atoms with Gasteiger partial charge in [0.15, 0.2) is 5.15 Å². The van der Waals surface area contributed by atoms with E-state index in [0.717, 1.165) is 16.7 Å². The topological polar surface area (TPSA) is 30.2 Å². The monoisotopic (exact) mass is 203 g/mol. The van der Waals surface area contributed by atoms with Gasteiger partial charge in [-0.25, -0.2) is 9.97 Å². The molecule has 4 heteroatoms. The van der Waals surface area contributed by atoms with E-state index in [0.29, 0.717) is 5.15 Å². The van der Waals surface area contributed by atoms with Gasteiger partial charge in [0.05, 0.1) is 5.52 Å². The fraction of sp³-hybridized carbons (Fsp3) is 0. The van der Waals surface area contributed by atoms with Gasteiger partial charge in [-0.3, -0.25) is 4.40 Å². The lowest BCUT2D eigenvalue weighted by Gasteiger charge is -1.93. The van der Waals surface area contributed by atoms with E-state index in [4.69, 9.17) is 11.6 Å². The number of fused-ring (bicyclic) bond motifs is 3. The van der Waals surface area contributed by atoms with Gasteiger partial charge in [0, 0.05) is 12.4 Å². The van der Waals surface area contributed by atoms with Gasteiger partial charge in [-0.2, -0.15) is 0 Å². The Kier molecular flexibility index (Phi) is 1.49. The van der Waals surface area contributed by atoms with Gasteiger partial charge in [-0.15, -0.1) is 0 Å². The Morgan fingerprint density at radius 2 is 2.14 bits per heavy atom. The van der Waals surface area contributed by atoms with Crippen molar-refractivity contribution in [1.29, 1.82) is 0 Å². The normalized spacial score (nSPS) is 11.2. The highest BCUT2D eigenvalue weighted by Gasteiger charge is 2.06. The molecular formula is C10H6ClN3. The molecule has 0 radical (unpaired) electrons. The number of aromatic nitrogens is 3. The van der Waals surface area contributed by atoms with Crippen molar-refractivity contribution in [1.82, 2.24) is 14.4 Å². The molecule has 0 N–H and O–H groups in total. The molecule has 0 atom stereocenters. The molecule has 0 fully saturated rings. The third-order valence-electron chi connectivity index (χ3n) is 2.18. The quantitative estimate of drug-likeness (QED) is 0.526. The molecule has 0 saturated carbocycles. The van der Waals surface area contributed by atoms with Gasteiger partial charge < -0.3 is 0 Å². The molecule has 0 spiro atoms. The summed E-state index contributed by atoms with van der Waals surface area (Å²) in [5.41, 5.74) is 2.62. The first-order valence-electron chi connectivity index (χ1n) is 4.23. The molecule has 0 amide bonds. The van der Waals surface area contributed by atoms with Gasteiger partial charge in [-0.05, 0) is 18.2 Å². The molecule has 3 rings (SSSR count). The van der Waals surface area contributed by atoms with Crippen LogP contribution in [0.4, 0.5) is 0 Å². The molecule has 3 aromatic heterocycles. The highest BCUT2D eigenvalue weighted by Crippen LogP contribution is 2.21. The zero-order chi connectivity index (χ0) is 9.54. The Balaban J connectivity index is 2.63. The second-order valence-corrected chi connectivity index (χ2v) is 3.37. The zero-order valence-electron chi connectivity index (χ0n) is 7.18. The minimum atomic E-state index is 0.450. The zero-order valence-corrected chi connectivity index (χ0v) is 7.94. The molecule has 0 bridgehead atoms. The first-order valence-corrected chi connectivity index (χ1v) is 4.61. The van der Waals surface area contributed by atoms with Crippen LogP contribution in [-0.4, -0.2) is 14.4 Å². The standard InChI is InChI=1S/C10H6ClN3/c11-10-9-7(4-5-12-10)14-6-2-1-3-8(14)13-9/h1-6H. The van der Waals surface area contributed by atoms with E-state index in [1.807, 2.05) is 34.9 Å². The molecule has 0 unspecified atom stereocenters. The van der Waals surface area contributed by atoms with Crippen LogP contribution in [0.2, 0.25) is 5.15 Å². The van der Waals surface area contributed by atoms with Gasteiger partial charge in [0.25, 0.3) is 0 Å². The second-order valence-electron chi connectivity index (χ2n) is 3.01. The van der Waals surface area contributed by atoms with E-state index in [1.54, 1.807) is 6.20 Å². The molecule has 3 nitrogen and oxygen atoms in total. The lowest BCUT2D eigenvalue weighted by molar-refractivity contribution is 1.22. The van der Waals surface area contributed by atoms with E-state index < -0.39 is 0 Å². The number of hydrogen-bond donors (Lipinski definition) is 0. The fourth-order valence-electron chi connectivity index (χ4n) is 1.56. The molecular weight excluding hydrogens is 198 g/mol. The first kappa shape index (κ1) is 7.76. The number of pyridine rings is 2. The summed E-state index contributed by atoms with van der Waals surface area (Å²) in [5.74, 6) is 0. The molecule has 0 aliphatic heterocycles. The summed E-state index contributed by atoms with van der Waals surface area (Å²) in [6, 6.07) is 7.75. The summed E-state index contributed by atoms with van der Waals surface area (Å²) in [6.45, 7) is 0. The smallest absolute Gasteiger partial charge is 0.156 e. The summed E-state index contributed by atoms with van der Waals surface area (Å²) >= 11 is 5.94. The first-order chi connectivity index (χ1) is 6.86. The van der Waals surface area contributed by atoms with Crippen molar-refractivity contribution in [3.8, 4) is 0 Å². The van der Waals surface area contributed by atoms with Gasteiger partial charge in [0.1, 0.15) is 11.2 Å². The molecule has 0 aliphatic rings. The highest BCUT2D eigenvalue weighted by atomic mass is 35.5. The van der Waals surface area contributed by atoms with E-state index in [1.165, 1.54) is 0 Å². The lowest BCUT2D eigenvalue weighted by Crippen LogP contribution is -1.81. The van der Waals surface area contributed by atoms with Gasteiger partial charge >= 0.3 is 0 Å². The minimum Gasteiger partial charge on any atom is -0.299 e. The van der Waals surface area contributed by atoms with Crippen LogP contribution in [-0.2, 0) is 0 Å². The van der Waals surface area contributed by atoms with Crippen molar-refractivity contribution in [2.45, 2.75) is 0 Å². The summed E-state index contributed by atoms with van der Waals surface area (Å²) in [6.07, 6.45) is 3.65. The van der Waals surface area contributed by atoms with Crippen LogP contribution in [0.25, 0.3) is 16.7 Å². The maximum Gasteiger partial charge on any atom is 0.156 e. The van der Waals surface area contributed by atoms with Gasteiger partial charge in [-0.1, -0.05) is 17.7 Å². The number of nitrogens with zero attached hydrogens (tertiary/aromatic N) is 3. The summed E-state index contributed by atoms with van der Waals surface area (Å²) in [5, 5.41) is 0.450. The van der Waals surface area contributed by atoms with Crippen molar-refractivity contribution in [3.63, 3.8) is 0 Å². The molecule has 68 valence electrons. The Labute approximate surface area is 85.0 Å². The summed E-state index contributed by atoms with van der Waals surface area (Å²) in [4.78, 5) is 8.38. The van der Waals surface area contributed by atoms with E-state index in [-0.39, 0.29) is 0 Å². The van der Waals surface area contributed by atoms with Crippen LogP contribution in [0.3, 0.4) is 0 Å². The molecule has 14 heavy (non-hydrogen) atoms. The number of hydrogen-bond acceptors (Lipinski definition) is 2. The number of rotatable bonds is 0. The minimum absolute atomic E-state index is 0.450. The predicted octanol–water partition coefficient (Wildman–Crippen LogP) is 2.54. The van der Waals surface area contributed by atoms with Crippen LogP contribution in [0, 0.1) is 0 Å². The van der Waals surface area contributed by atoms with Crippen LogP contribution in [0.15, 0.2) is 36.7 Å². The van der Waals surface area contributed by atoms with Gasteiger partial charge in [0.2, 0.25) is 0 Å². The number of imidazole rings is 1. The average molecular weight is 204 g/mol. The maximum absolute atomic E-state index is 5.94. The average Bonchev–Trinajstić information content (AvgIpc) is 2.59. The van der Waals surface area contributed by atoms with E-state index >= 15 is 0 Å². The summed E-state index contributed by atoms with van der Waals surface area (Å²) < 4.78 is 1.99. The third-order valence-corrected chi connectivity index (χ3v) is 2.46. The second kappa shape index (κ2) is 2.69. The Hall–Kier alpha value is -1.61. The molecule has 0 aliphatic carbocycles. The molecule has 3 aromatic rings. The van der Waals surface area contributed by atoms with Crippen molar-refractivity contribution in [3.05, 3.63) is 41.8 Å². The molecule has 0 saturated heterocycles. The van der Waals surface area contributed by atoms with Crippen LogP contribution >= 0.6 is 11.6 Å². The number of halogens is 1. The Morgan fingerprint density at radius 1 is 1.21 bits per heavy atom. The van der Waals surface area contributed by atoms with Crippen LogP contribution < -0.4 is 0 Å². The van der Waals surface area contributed by atoms with E-state index in [9.17, 15) is 0 Å². The highest BCUT2D eigenvalue weighted by molar-refractivity contribution is 6.33. The molecule has 3 heterocycles. The Bertz CT molecular complexity index is 615. The summed E-state index contributed by atoms with van der Waals surface area (Å²) in [7, 11) is 0. The largest absolute Gasteiger partial charge is 0.299 e. The third kappa shape index (κ3) is 0.930. The van der Waals surface area contributed by atoms with Crippen molar-refractivity contribution < 1.29 is 0 Å². The van der Waals surface area contributed by atoms with Crippen LogP contribution in [0.5, 0.6) is 0 Å². The van der Waals surface area contributed by atoms with Crippen molar-refractivity contribution in [2.24, 2.45) is 0 Å². The van der Waals surface area contributed by atoms with E-state index in [2.05, 4.69) is 9.97 Å². The SMILES string of the molecule is Clc1nccc2c1nc1ccccn12. The predicted molar refractivity (Wildman–Crippen MR) is 55.5 cm³/mol. The lowest BCUT2D eigenvalue weighted by atomic mass is 10.4. The maximum atomic E-state index is 5.94. The van der Waals surface area contributed by atoms with Crippen molar-refractivity contribution >= 4 is 28.3 Å². The van der Waals surface area contributed by atoms with Crippen molar-refractivity contribution in [2.75, 3.05) is 0 Å².